The summed E-state index contributed by atoms with van der Waals surface area (Å²) < 4.78 is 41.1. The second-order valence-electron chi connectivity index (χ2n) is 3.84. The molecular formula is C10H7F3N4O3. The van der Waals surface area contributed by atoms with Gasteiger partial charge in [0.15, 0.2) is 5.82 Å². The largest absolute Gasteiger partial charge is 0.398 e. The van der Waals surface area contributed by atoms with Crippen LogP contribution in [0.4, 0.5) is 24.5 Å². The van der Waals surface area contributed by atoms with Gasteiger partial charge in [0.1, 0.15) is 6.42 Å². The summed E-state index contributed by atoms with van der Waals surface area (Å²) in [6.45, 7) is 0. The highest BCUT2D eigenvalue weighted by Crippen LogP contribution is 2.29. The maximum absolute atomic E-state index is 12.2. The molecule has 2 rings (SSSR count). The minimum Gasteiger partial charge on any atom is -0.398 e. The Morgan fingerprint density at radius 2 is 2.10 bits per heavy atom. The van der Waals surface area contributed by atoms with Gasteiger partial charge in [-0.15, -0.1) is 0 Å². The first-order chi connectivity index (χ1) is 9.26. The van der Waals surface area contributed by atoms with Crippen LogP contribution in [0.15, 0.2) is 22.7 Å². The fourth-order valence-corrected chi connectivity index (χ4v) is 1.47. The third-order valence-electron chi connectivity index (χ3n) is 2.30. The number of nitrogens with zero attached hydrogens (tertiary/aromatic N) is 3. The molecule has 0 saturated heterocycles. The number of aromatic nitrogens is 2. The zero-order chi connectivity index (χ0) is 14.9. The van der Waals surface area contributed by atoms with E-state index in [2.05, 4.69) is 14.7 Å². The molecule has 10 heteroatoms. The number of nitrogen functional groups attached to an aromatic ring is 1. The second-order valence-corrected chi connectivity index (χ2v) is 3.84. The summed E-state index contributed by atoms with van der Waals surface area (Å²) in [5, 5.41) is 13.7. The van der Waals surface area contributed by atoms with Crippen LogP contribution in [0.3, 0.4) is 0 Å². The summed E-state index contributed by atoms with van der Waals surface area (Å²) in [4.78, 5) is 13.4. The Morgan fingerprint density at radius 1 is 1.40 bits per heavy atom. The van der Waals surface area contributed by atoms with Crippen molar-refractivity contribution >= 4 is 11.4 Å². The number of nitro benzene ring substituents is 1. The van der Waals surface area contributed by atoms with Crippen molar-refractivity contribution < 1.29 is 22.6 Å². The lowest BCUT2D eigenvalue weighted by atomic mass is 10.1. The summed E-state index contributed by atoms with van der Waals surface area (Å²) in [7, 11) is 0. The van der Waals surface area contributed by atoms with Crippen molar-refractivity contribution in [3.05, 3.63) is 34.1 Å². The van der Waals surface area contributed by atoms with Crippen molar-refractivity contribution in [2.75, 3.05) is 5.73 Å². The van der Waals surface area contributed by atoms with Crippen molar-refractivity contribution in [3.8, 4) is 11.5 Å². The van der Waals surface area contributed by atoms with Gasteiger partial charge in [0.05, 0.1) is 16.2 Å². The fourth-order valence-electron chi connectivity index (χ4n) is 1.47. The van der Waals surface area contributed by atoms with Crippen molar-refractivity contribution in [2.24, 2.45) is 0 Å². The van der Waals surface area contributed by atoms with Gasteiger partial charge in [0.25, 0.3) is 11.6 Å². The van der Waals surface area contributed by atoms with Crippen LogP contribution in [0.2, 0.25) is 0 Å². The summed E-state index contributed by atoms with van der Waals surface area (Å²) in [5.74, 6) is -0.762. The number of alkyl halides is 3. The van der Waals surface area contributed by atoms with Gasteiger partial charge < -0.3 is 10.3 Å². The number of anilines is 1. The molecule has 20 heavy (non-hydrogen) atoms. The van der Waals surface area contributed by atoms with Crippen molar-refractivity contribution in [3.63, 3.8) is 0 Å². The monoisotopic (exact) mass is 288 g/mol. The Kier molecular flexibility index (Phi) is 3.30. The highest BCUT2D eigenvalue weighted by molar-refractivity contribution is 5.72. The molecule has 2 aromatic rings. The summed E-state index contributed by atoms with van der Waals surface area (Å²) >= 11 is 0. The van der Waals surface area contributed by atoms with Crippen molar-refractivity contribution in [1.29, 1.82) is 0 Å². The van der Waals surface area contributed by atoms with Crippen LogP contribution in [-0.4, -0.2) is 21.2 Å². The van der Waals surface area contributed by atoms with Crippen molar-refractivity contribution in [1.82, 2.24) is 10.1 Å². The number of rotatable bonds is 3. The molecule has 0 aliphatic carbocycles. The molecule has 0 aliphatic rings. The maximum Gasteiger partial charge on any atom is 0.396 e. The lowest BCUT2D eigenvalue weighted by Crippen LogP contribution is -2.12. The number of hydrogen-bond acceptors (Lipinski definition) is 6. The molecule has 2 N–H and O–H groups in total. The normalized spacial score (nSPS) is 11.6. The fraction of sp³-hybridized carbons (Fsp3) is 0.200. The lowest BCUT2D eigenvalue weighted by Gasteiger charge is -2.00. The Hall–Kier alpha value is -2.65. The van der Waals surface area contributed by atoms with Gasteiger partial charge in [-0.05, 0) is 6.07 Å². The third-order valence-corrected chi connectivity index (χ3v) is 2.30. The SMILES string of the molecule is Nc1cc([N+](=O)[O-])ccc1-c1nc(CC(F)(F)F)no1. The van der Waals surface area contributed by atoms with E-state index in [9.17, 15) is 23.3 Å². The van der Waals surface area contributed by atoms with Crippen LogP contribution in [0.5, 0.6) is 0 Å². The summed E-state index contributed by atoms with van der Waals surface area (Å²) in [6, 6.07) is 3.43. The van der Waals surface area contributed by atoms with E-state index in [1.165, 1.54) is 6.07 Å². The lowest BCUT2D eigenvalue weighted by molar-refractivity contribution is -0.384. The van der Waals surface area contributed by atoms with E-state index in [1.54, 1.807) is 0 Å². The average Bonchev–Trinajstić information content (AvgIpc) is 2.74. The van der Waals surface area contributed by atoms with Gasteiger partial charge in [0, 0.05) is 12.1 Å². The van der Waals surface area contributed by atoms with E-state index in [1.807, 2.05) is 0 Å². The molecule has 0 spiro atoms. The molecule has 0 saturated carbocycles. The topological polar surface area (TPSA) is 108 Å². The first-order valence-corrected chi connectivity index (χ1v) is 5.20. The van der Waals surface area contributed by atoms with Gasteiger partial charge in [0.2, 0.25) is 0 Å². The molecule has 0 bridgehead atoms. The smallest absolute Gasteiger partial charge is 0.396 e. The number of non-ortho nitro benzene ring substituents is 1. The van der Waals surface area contributed by atoms with E-state index in [0.29, 0.717) is 0 Å². The van der Waals surface area contributed by atoms with Gasteiger partial charge in [-0.1, -0.05) is 5.16 Å². The van der Waals surface area contributed by atoms with Gasteiger partial charge in [-0.3, -0.25) is 10.1 Å². The van der Waals surface area contributed by atoms with Gasteiger partial charge >= 0.3 is 6.18 Å². The number of nitro groups is 1. The molecule has 1 aromatic carbocycles. The van der Waals surface area contributed by atoms with Gasteiger partial charge in [-0.25, -0.2) is 0 Å². The summed E-state index contributed by atoms with van der Waals surface area (Å²) in [5.41, 5.74) is 5.42. The quantitative estimate of drug-likeness (QED) is 0.527. The molecule has 106 valence electrons. The Bertz CT molecular complexity index is 653. The van der Waals surface area contributed by atoms with Crippen LogP contribution in [0, 0.1) is 10.1 Å². The predicted octanol–water partition coefficient (Wildman–Crippen LogP) is 2.33. The molecule has 0 fully saturated rings. The number of halogens is 3. The molecule has 7 nitrogen and oxygen atoms in total. The van der Waals surface area contributed by atoms with Crippen LogP contribution >= 0.6 is 0 Å². The van der Waals surface area contributed by atoms with E-state index in [-0.39, 0.29) is 22.8 Å². The summed E-state index contributed by atoms with van der Waals surface area (Å²) in [6.07, 6.45) is -5.79. The van der Waals surface area contributed by atoms with E-state index >= 15 is 0 Å². The van der Waals surface area contributed by atoms with Gasteiger partial charge in [-0.2, -0.15) is 18.2 Å². The second kappa shape index (κ2) is 4.79. The molecule has 0 radical (unpaired) electrons. The zero-order valence-electron chi connectivity index (χ0n) is 9.72. The Balaban J connectivity index is 2.31. The average molecular weight is 288 g/mol. The molecule has 0 aliphatic heterocycles. The predicted molar refractivity (Wildman–Crippen MR) is 60.6 cm³/mol. The molecule has 1 heterocycles. The standard InChI is InChI=1S/C10H7F3N4O3/c11-10(12,13)4-8-15-9(20-16-8)6-2-1-5(17(18)19)3-7(6)14/h1-3H,4,14H2. The van der Waals surface area contributed by atoms with Crippen LogP contribution in [-0.2, 0) is 6.42 Å². The van der Waals surface area contributed by atoms with Crippen LogP contribution in [0.25, 0.3) is 11.5 Å². The first kappa shape index (κ1) is 13.8. The minimum atomic E-state index is -4.46. The molecule has 0 amide bonds. The van der Waals surface area contributed by atoms with E-state index in [0.717, 1.165) is 12.1 Å². The number of nitrogens with two attached hydrogens (primary N) is 1. The molecule has 1 aromatic heterocycles. The van der Waals surface area contributed by atoms with Crippen molar-refractivity contribution in [2.45, 2.75) is 12.6 Å². The number of benzene rings is 1. The van der Waals surface area contributed by atoms with E-state index < -0.39 is 23.3 Å². The molecular weight excluding hydrogens is 281 g/mol. The first-order valence-electron chi connectivity index (χ1n) is 5.20. The molecule has 0 unspecified atom stereocenters. The Labute approximate surface area is 109 Å². The minimum absolute atomic E-state index is 0.0404. The number of hydrogen-bond donors (Lipinski definition) is 1. The van der Waals surface area contributed by atoms with Crippen LogP contribution in [0.1, 0.15) is 5.82 Å². The highest BCUT2D eigenvalue weighted by Gasteiger charge is 2.31. The maximum atomic E-state index is 12.2. The highest BCUT2D eigenvalue weighted by atomic mass is 19.4. The van der Waals surface area contributed by atoms with Crippen LogP contribution < -0.4 is 5.73 Å². The zero-order valence-corrected chi connectivity index (χ0v) is 9.72. The van der Waals surface area contributed by atoms with E-state index in [4.69, 9.17) is 5.73 Å². The Morgan fingerprint density at radius 3 is 2.65 bits per heavy atom. The third kappa shape index (κ3) is 3.02. The molecule has 0 atom stereocenters.